The van der Waals surface area contributed by atoms with Crippen LogP contribution < -0.4 is 15.4 Å². The van der Waals surface area contributed by atoms with Crippen molar-refractivity contribution in [3.63, 3.8) is 0 Å². The summed E-state index contributed by atoms with van der Waals surface area (Å²) in [5.41, 5.74) is 1.68. The smallest absolute Gasteiger partial charge is 0.243 e. The summed E-state index contributed by atoms with van der Waals surface area (Å²) in [6.07, 6.45) is 1.66. The first-order valence-electron chi connectivity index (χ1n) is 6.02. The molecule has 1 aromatic carbocycles. The number of pyridine rings is 1. The van der Waals surface area contributed by atoms with Crippen molar-refractivity contribution in [1.29, 1.82) is 0 Å². The molecule has 0 saturated heterocycles. The van der Waals surface area contributed by atoms with E-state index in [9.17, 15) is 4.79 Å². The summed E-state index contributed by atoms with van der Waals surface area (Å²) in [7, 11) is 0. The summed E-state index contributed by atoms with van der Waals surface area (Å²) in [6, 6.07) is 11.6. The summed E-state index contributed by atoms with van der Waals surface area (Å²) in [6.45, 7) is 0.690. The minimum Gasteiger partial charge on any atom is -0.487 e. The highest BCUT2D eigenvalue weighted by atomic mass is 16.5. The second kappa shape index (κ2) is 4.97. The molecule has 0 aliphatic carbocycles. The normalized spacial score (nSPS) is 13.2. The Hall–Kier alpha value is -2.56. The van der Waals surface area contributed by atoms with E-state index in [1.165, 1.54) is 0 Å². The molecule has 3 rings (SSSR count). The monoisotopic (exact) mass is 255 g/mol. The summed E-state index contributed by atoms with van der Waals surface area (Å²) < 4.78 is 5.74. The van der Waals surface area contributed by atoms with Crippen molar-refractivity contribution < 1.29 is 9.53 Å². The Kier molecular flexibility index (Phi) is 3.02. The van der Waals surface area contributed by atoms with Crippen molar-refractivity contribution in [2.24, 2.45) is 0 Å². The molecule has 0 unspecified atom stereocenters. The van der Waals surface area contributed by atoms with Crippen LogP contribution in [0, 0.1) is 0 Å². The van der Waals surface area contributed by atoms with Crippen LogP contribution >= 0.6 is 0 Å². The number of anilines is 2. The molecule has 5 heteroatoms. The van der Waals surface area contributed by atoms with Crippen LogP contribution in [0.5, 0.6) is 5.75 Å². The molecule has 1 amide bonds. The number of hydrogen-bond acceptors (Lipinski definition) is 4. The Bertz CT molecular complexity index is 599. The number of aromatic nitrogens is 1. The summed E-state index contributed by atoms with van der Waals surface area (Å²) >= 11 is 0. The number of hydrogen-bond donors (Lipinski definition) is 2. The van der Waals surface area contributed by atoms with E-state index >= 15 is 0 Å². The third-order valence-corrected chi connectivity index (χ3v) is 2.83. The lowest BCUT2D eigenvalue weighted by Gasteiger charge is -2.20. The number of nitrogens with one attached hydrogen (secondary N) is 2. The van der Waals surface area contributed by atoms with Crippen LogP contribution in [0.3, 0.4) is 0 Å². The number of ether oxygens (including phenoxy) is 1. The third kappa shape index (κ3) is 2.49. The van der Waals surface area contributed by atoms with E-state index in [1.807, 2.05) is 30.3 Å². The predicted molar refractivity (Wildman–Crippen MR) is 72.1 cm³/mol. The molecule has 96 valence electrons. The molecule has 19 heavy (non-hydrogen) atoms. The SMILES string of the molecule is O=C1CNc2nccc(OCc3ccccc3)c2N1. The van der Waals surface area contributed by atoms with Crippen LogP contribution in [-0.2, 0) is 11.4 Å². The van der Waals surface area contributed by atoms with Gasteiger partial charge in [-0.05, 0) is 5.56 Å². The lowest BCUT2D eigenvalue weighted by Crippen LogP contribution is -2.28. The standard InChI is InChI=1S/C14H13N3O2/c18-12-8-16-14-13(17-12)11(6-7-15-14)19-9-10-4-2-1-3-5-10/h1-7H,8-9H2,(H,15,16)(H,17,18). The molecule has 5 nitrogen and oxygen atoms in total. The second-order valence-electron chi connectivity index (χ2n) is 4.21. The summed E-state index contributed by atoms with van der Waals surface area (Å²) in [5, 5.41) is 5.72. The van der Waals surface area contributed by atoms with Crippen molar-refractivity contribution in [2.45, 2.75) is 6.61 Å². The first kappa shape index (κ1) is 11.5. The number of carbonyl (C=O) groups excluding carboxylic acids is 1. The van der Waals surface area contributed by atoms with Crippen molar-refractivity contribution >= 4 is 17.4 Å². The van der Waals surface area contributed by atoms with Gasteiger partial charge >= 0.3 is 0 Å². The van der Waals surface area contributed by atoms with E-state index in [1.54, 1.807) is 12.3 Å². The fourth-order valence-electron chi connectivity index (χ4n) is 1.90. The van der Waals surface area contributed by atoms with Gasteiger partial charge < -0.3 is 15.4 Å². The fraction of sp³-hybridized carbons (Fsp3) is 0.143. The zero-order chi connectivity index (χ0) is 13.1. The van der Waals surface area contributed by atoms with Crippen LogP contribution in [0.15, 0.2) is 42.6 Å². The Morgan fingerprint density at radius 2 is 2.05 bits per heavy atom. The molecule has 0 atom stereocenters. The van der Waals surface area contributed by atoms with Gasteiger partial charge in [-0.2, -0.15) is 0 Å². The number of fused-ring (bicyclic) bond motifs is 1. The Morgan fingerprint density at radius 3 is 2.89 bits per heavy atom. The fourth-order valence-corrected chi connectivity index (χ4v) is 1.90. The van der Waals surface area contributed by atoms with Crippen LogP contribution in [0.1, 0.15) is 5.56 Å². The Labute approximate surface area is 110 Å². The van der Waals surface area contributed by atoms with E-state index in [-0.39, 0.29) is 12.5 Å². The molecule has 2 heterocycles. The van der Waals surface area contributed by atoms with Crippen molar-refractivity contribution in [2.75, 3.05) is 17.2 Å². The average molecular weight is 255 g/mol. The minimum atomic E-state index is -0.0925. The van der Waals surface area contributed by atoms with Gasteiger partial charge in [0.2, 0.25) is 5.91 Å². The number of carbonyl (C=O) groups is 1. The number of rotatable bonds is 3. The van der Waals surface area contributed by atoms with Crippen molar-refractivity contribution in [3.05, 3.63) is 48.2 Å². The molecule has 0 bridgehead atoms. The highest BCUT2D eigenvalue weighted by molar-refractivity contribution is 6.01. The van der Waals surface area contributed by atoms with Crippen LogP contribution in [0.2, 0.25) is 0 Å². The Balaban J connectivity index is 1.80. The maximum atomic E-state index is 11.4. The van der Waals surface area contributed by atoms with E-state index < -0.39 is 0 Å². The average Bonchev–Trinajstić information content (AvgIpc) is 2.46. The predicted octanol–water partition coefficient (Wildman–Crippen LogP) is 2.02. The van der Waals surface area contributed by atoms with E-state index in [2.05, 4.69) is 15.6 Å². The molecule has 0 radical (unpaired) electrons. The molecule has 2 aromatic rings. The highest BCUT2D eigenvalue weighted by Crippen LogP contribution is 2.32. The lowest BCUT2D eigenvalue weighted by molar-refractivity contribution is -0.114. The number of nitrogens with zero attached hydrogens (tertiary/aromatic N) is 1. The maximum Gasteiger partial charge on any atom is 0.243 e. The molecule has 0 saturated carbocycles. The van der Waals surface area contributed by atoms with Gasteiger partial charge in [-0.15, -0.1) is 0 Å². The van der Waals surface area contributed by atoms with Gasteiger partial charge in [-0.3, -0.25) is 4.79 Å². The molecular weight excluding hydrogens is 242 g/mol. The van der Waals surface area contributed by atoms with Gasteiger partial charge in [0.15, 0.2) is 5.82 Å². The van der Waals surface area contributed by atoms with Gasteiger partial charge in [0.05, 0.1) is 6.54 Å². The summed E-state index contributed by atoms with van der Waals surface area (Å²) in [4.78, 5) is 15.6. The largest absolute Gasteiger partial charge is 0.487 e. The molecular formula is C14H13N3O2. The molecule has 1 aliphatic rings. The second-order valence-corrected chi connectivity index (χ2v) is 4.21. The van der Waals surface area contributed by atoms with E-state index in [0.717, 1.165) is 5.56 Å². The molecule has 0 spiro atoms. The van der Waals surface area contributed by atoms with Crippen LogP contribution in [0.25, 0.3) is 0 Å². The van der Waals surface area contributed by atoms with Crippen LogP contribution in [0.4, 0.5) is 11.5 Å². The summed E-state index contributed by atoms with van der Waals surface area (Å²) in [5.74, 6) is 1.17. The molecule has 1 aromatic heterocycles. The van der Waals surface area contributed by atoms with Crippen molar-refractivity contribution in [3.8, 4) is 5.75 Å². The molecule has 1 aliphatic heterocycles. The number of benzene rings is 1. The zero-order valence-electron chi connectivity index (χ0n) is 10.2. The molecule has 0 fully saturated rings. The number of amides is 1. The molecule has 2 N–H and O–H groups in total. The van der Waals surface area contributed by atoms with Crippen LogP contribution in [-0.4, -0.2) is 17.4 Å². The Morgan fingerprint density at radius 1 is 1.21 bits per heavy atom. The van der Waals surface area contributed by atoms with Gasteiger partial charge in [-0.1, -0.05) is 30.3 Å². The van der Waals surface area contributed by atoms with Gasteiger partial charge in [0, 0.05) is 12.3 Å². The first-order chi connectivity index (χ1) is 9.33. The maximum absolute atomic E-state index is 11.4. The van der Waals surface area contributed by atoms with Gasteiger partial charge in [-0.25, -0.2) is 4.98 Å². The highest BCUT2D eigenvalue weighted by Gasteiger charge is 2.19. The third-order valence-electron chi connectivity index (χ3n) is 2.83. The van der Waals surface area contributed by atoms with Gasteiger partial charge in [0.25, 0.3) is 0 Å². The van der Waals surface area contributed by atoms with Crippen molar-refractivity contribution in [1.82, 2.24) is 4.98 Å². The van der Waals surface area contributed by atoms with E-state index in [4.69, 9.17) is 4.74 Å². The topological polar surface area (TPSA) is 63.2 Å². The lowest BCUT2D eigenvalue weighted by atomic mass is 10.2. The van der Waals surface area contributed by atoms with Gasteiger partial charge in [0.1, 0.15) is 18.0 Å². The first-order valence-corrected chi connectivity index (χ1v) is 6.02. The van der Waals surface area contributed by atoms with E-state index in [0.29, 0.717) is 23.9 Å². The zero-order valence-corrected chi connectivity index (χ0v) is 10.2. The quantitative estimate of drug-likeness (QED) is 0.880. The minimum absolute atomic E-state index is 0.0925.